The SMILES string of the molecule is CC(=O)O[C@H]1C(=O)[C@@]2(C)C([C@H](OC(=O)c3ccccc3)[C@]3(O)CC(OC(=O)[C@H](O)[C@@H](NC(=O)OC(C)(C)C)c4ccccc4)=C(C)[C@@H]1C3(C)C)[C@]1(OC(C)=O)CO[C@@H]1C[C@@H]2O. The minimum absolute atomic E-state index is 0.0642. The maximum atomic E-state index is 15.5. The molecule has 1 unspecified atom stereocenters. The predicted molar refractivity (Wildman–Crippen MR) is 213 cm³/mol. The van der Waals surface area contributed by atoms with Crippen molar-refractivity contribution < 1.29 is 72.5 Å². The Morgan fingerprint density at radius 3 is 2.07 bits per heavy atom. The zero-order chi connectivity index (χ0) is 45.0. The molecule has 1 saturated heterocycles. The first-order chi connectivity index (χ1) is 28.4. The first kappa shape index (κ1) is 45.4. The van der Waals surface area contributed by atoms with Crippen molar-refractivity contribution in [1.29, 1.82) is 0 Å². The highest BCUT2D eigenvalue weighted by Gasteiger charge is 2.79. The summed E-state index contributed by atoms with van der Waals surface area (Å²) in [5, 5.41) is 39.9. The Labute approximate surface area is 353 Å². The lowest BCUT2D eigenvalue weighted by molar-refractivity contribution is -0.349. The van der Waals surface area contributed by atoms with Gasteiger partial charge in [0.25, 0.3) is 0 Å². The molecule has 1 heterocycles. The van der Waals surface area contributed by atoms with Crippen molar-refractivity contribution in [2.45, 2.75) is 129 Å². The van der Waals surface area contributed by atoms with Crippen LogP contribution in [-0.2, 0) is 47.6 Å². The topological polar surface area (TPSA) is 231 Å². The van der Waals surface area contributed by atoms with Gasteiger partial charge < -0.3 is 49.1 Å². The van der Waals surface area contributed by atoms with E-state index in [9.17, 15) is 39.3 Å². The van der Waals surface area contributed by atoms with E-state index >= 15 is 4.79 Å². The van der Waals surface area contributed by atoms with Crippen molar-refractivity contribution in [2.24, 2.45) is 22.7 Å². The Morgan fingerprint density at radius 2 is 1.52 bits per heavy atom. The average molecular weight is 850 g/mol. The van der Waals surface area contributed by atoms with Crippen LogP contribution < -0.4 is 5.32 Å². The molecular weight excluding hydrogens is 794 g/mol. The minimum atomic E-state index is -2.40. The highest BCUT2D eigenvalue weighted by atomic mass is 16.6. The lowest BCUT2D eigenvalue weighted by atomic mass is 9.43. The highest BCUT2D eigenvalue weighted by molar-refractivity contribution is 5.93. The number of esters is 4. The number of alkyl carbamates (subject to hydrolysis) is 1. The van der Waals surface area contributed by atoms with E-state index in [2.05, 4.69) is 5.32 Å². The van der Waals surface area contributed by atoms with Crippen LogP contribution in [0.25, 0.3) is 0 Å². The molecule has 2 saturated carbocycles. The quantitative estimate of drug-likeness (QED) is 0.206. The van der Waals surface area contributed by atoms with Gasteiger partial charge in [0.05, 0.1) is 35.6 Å². The maximum absolute atomic E-state index is 15.5. The Kier molecular flexibility index (Phi) is 12.1. The fraction of sp³-hybridized carbons (Fsp3) is 0.556. The fourth-order valence-electron chi connectivity index (χ4n) is 9.90. The Bertz CT molecular complexity index is 2100. The molecule has 16 heteroatoms. The number of hydrogen-bond donors (Lipinski definition) is 4. The predicted octanol–water partition coefficient (Wildman–Crippen LogP) is 4.04. The maximum Gasteiger partial charge on any atom is 0.408 e. The summed E-state index contributed by atoms with van der Waals surface area (Å²) in [6.07, 6.45) is -10.0. The molecule has 11 atom stereocenters. The van der Waals surface area contributed by atoms with E-state index in [1.807, 2.05) is 0 Å². The molecule has 2 bridgehead atoms. The highest BCUT2D eigenvalue weighted by Crippen LogP contribution is 2.65. The van der Waals surface area contributed by atoms with Gasteiger partial charge in [-0.1, -0.05) is 62.4 Å². The lowest BCUT2D eigenvalue weighted by Gasteiger charge is -2.67. The van der Waals surface area contributed by atoms with E-state index in [1.165, 1.54) is 26.0 Å². The van der Waals surface area contributed by atoms with Crippen LogP contribution in [0.3, 0.4) is 0 Å². The molecule has 2 aromatic carbocycles. The first-order valence-corrected chi connectivity index (χ1v) is 20.2. The van der Waals surface area contributed by atoms with E-state index < -0.39 is 118 Å². The Morgan fingerprint density at radius 1 is 0.918 bits per heavy atom. The van der Waals surface area contributed by atoms with Gasteiger partial charge in [-0.25, -0.2) is 14.4 Å². The number of aliphatic hydroxyl groups is 3. The van der Waals surface area contributed by atoms with Crippen molar-refractivity contribution in [3.63, 3.8) is 0 Å². The molecule has 4 N–H and O–H groups in total. The Balaban J connectivity index is 1.54. The minimum Gasteiger partial charge on any atom is -0.455 e. The number of ketones is 1. The van der Waals surface area contributed by atoms with Gasteiger partial charge in [-0.2, -0.15) is 0 Å². The summed E-state index contributed by atoms with van der Waals surface area (Å²) >= 11 is 0. The smallest absolute Gasteiger partial charge is 0.408 e. The molecule has 1 aliphatic heterocycles. The molecule has 3 fully saturated rings. The number of hydrogen-bond acceptors (Lipinski definition) is 15. The molecule has 0 radical (unpaired) electrons. The number of nitrogens with one attached hydrogen (secondary N) is 1. The lowest BCUT2D eigenvalue weighted by Crippen LogP contribution is -2.82. The second kappa shape index (κ2) is 16.3. The molecule has 0 aromatic heterocycles. The summed E-state index contributed by atoms with van der Waals surface area (Å²) in [7, 11) is 0. The third-order valence-corrected chi connectivity index (χ3v) is 12.9. The number of fused-ring (bicyclic) bond motifs is 5. The molecule has 2 aromatic rings. The standard InChI is InChI=1S/C45H55NO15/c1-23-28(58-39(53)33(50)32(26-16-12-10-13-17-26)46-40(54)61-41(4,5)6)21-45(55)37(59-38(52)27-18-14-11-15-19-27)35-43(9,29(49)20-30-44(35,22-56-30)60-25(3)48)36(51)34(57-24(2)47)31(23)42(45,7)8/h10-19,29-35,37,49-50,55H,20-22H2,1-9H3,(H,46,54)/t29-,30+,31-,32-,33+,34+,35?,37-,43+,44-,45+/m0/s1. The number of carbonyl (C=O) groups is 6. The van der Waals surface area contributed by atoms with Crippen LogP contribution in [-0.4, -0.2) is 105 Å². The van der Waals surface area contributed by atoms with E-state index in [1.54, 1.807) is 83.1 Å². The van der Waals surface area contributed by atoms with Crippen LogP contribution >= 0.6 is 0 Å². The molecule has 1 amide bonds. The number of rotatable bonds is 9. The number of Topliss-reactive ketones (excluding diaryl/α,β-unsaturated/α-hetero) is 1. The zero-order valence-corrected chi connectivity index (χ0v) is 35.8. The number of amides is 1. The van der Waals surface area contributed by atoms with Crippen LogP contribution in [0.2, 0.25) is 0 Å². The van der Waals surface area contributed by atoms with Gasteiger partial charge in [0.2, 0.25) is 0 Å². The second-order valence-corrected chi connectivity index (χ2v) is 18.3. The summed E-state index contributed by atoms with van der Waals surface area (Å²) in [6.45, 7) is 12.9. The molecule has 3 aliphatic carbocycles. The molecule has 6 rings (SSSR count). The van der Waals surface area contributed by atoms with Crippen molar-refractivity contribution in [3.05, 3.63) is 83.1 Å². The fourth-order valence-corrected chi connectivity index (χ4v) is 9.90. The van der Waals surface area contributed by atoms with Gasteiger partial charge in [-0.05, 0) is 57.9 Å². The molecule has 330 valence electrons. The zero-order valence-electron chi connectivity index (χ0n) is 35.8. The number of aliphatic hydroxyl groups excluding tert-OH is 2. The van der Waals surface area contributed by atoms with Gasteiger partial charge in [-0.3, -0.25) is 14.4 Å². The third-order valence-electron chi connectivity index (χ3n) is 12.9. The van der Waals surface area contributed by atoms with Crippen molar-refractivity contribution in [2.75, 3.05) is 6.61 Å². The average Bonchev–Trinajstić information content (AvgIpc) is 3.17. The van der Waals surface area contributed by atoms with Gasteiger partial charge in [0, 0.05) is 38.0 Å². The number of carbonyl (C=O) groups excluding carboxylic acids is 6. The second-order valence-electron chi connectivity index (χ2n) is 18.3. The Hall–Kier alpha value is -5.16. The van der Waals surface area contributed by atoms with Gasteiger partial charge in [0.15, 0.2) is 23.6 Å². The van der Waals surface area contributed by atoms with Gasteiger partial charge in [0.1, 0.15) is 29.2 Å². The molecule has 61 heavy (non-hydrogen) atoms. The molecule has 0 spiro atoms. The van der Waals surface area contributed by atoms with E-state index in [-0.39, 0.29) is 29.9 Å². The van der Waals surface area contributed by atoms with Crippen molar-refractivity contribution >= 4 is 35.8 Å². The van der Waals surface area contributed by atoms with Crippen molar-refractivity contribution in [3.8, 4) is 0 Å². The summed E-state index contributed by atoms with van der Waals surface area (Å²) in [5.74, 6) is -7.89. The normalized spacial score (nSPS) is 32.5. The van der Waals surface area contributed by atoms with E-state index in [0.29, 0.717) is 5.56 Å². The third kappa shape index (κ3) is 7.94. The van der Waals surface area contributed by atoms with Gasteiger partial charge in [-0.15, -0.1) is 0 Å². The van der Waals surface area contributed by atoms with Crippen LogP contribution in [0, 0.1) is 22.7 Å². The van der Waals surface area contributed by atoms with Crippen molar-refractivity contribution in [1.82, 2.24) is 5.32 Å². The first-order valence-electron chi connectivity index (χ1n) is 20.2. The molecule has 16 nitrogen and oxygen atoms in total. The summed E-state index contributed by atoms with van der Waals surface area (Å²) < 4.78 is 35.5. The van der Waals surface area contributed by atoms with Crippen LogP contribution in [0.4, 0.5) is 4.79 Å². The van der Waals surface area contributed by atoms with Crippen LogP contribution in [0.5, 0.6) is 0 Å². The number of benzene rings is 2. The van der Waals surface area contributed by atoms with E-state index in [4.69, 9.17) is 28.4 Å². The van der Waals surface area contributed by atoms with Crippen LogP contribution in [0.1, 0.15) is 97.1 Å². The monoisotopic (exact) mass is 849 g/mol. The molecular formula is C45H55NO15. The summed E-state index contributed by atoms with van der Waals surface area (Å²) in [6, 6.07) is 14.5. The van der Waals surface area contributed by atoms with E-state index in [0.717, 1.165) is 13.8 Å². The van der Waals surface area contributed by atoms with Gasteiger partial charge >= 0.3 is 30.0 Å². The summed E-state index contributed by atoms with van der Waals surface area (Å²) in [5.41, 5.74) is -8.22. The van der Waals surface area contributed by atoms with Crippen LogP contribution in [0.15, 0.2) is 72.0 Å². The number of ether oxygens (including phenoxy) is 6. The molecule has 4 aliphatic rings. The summed E-state index contributed by atoms with van der Waals surface area (Å²) in [4.78, 5) is 82.9. The largest absolute Gasteiger partial charge is 0.455 e.